The summed E-state index contributed by atoms with van der Waals surface area (Å²) in [6.07, 6.45) is 3.93. The van der Waals surface area contributed by atoms with E-state index < -0.39 is 21.4 Å². The molecule has 148 valence electrons. The predicted octanol–water partition coefficient (Wildman–Crippen LogP) is 1.64. The number of primary sulfonamides is 1. The highest BCUT2D eigenvalue weighted by Crippen LogP contribution is 2.25. The van der Waals surface area contributed by atoms with Crippen molar-refractivity contribution in [2.24, 2.45) is 5.14 Å². The number of sulfonamides is 1. The van der Waals surface area contributed by atoms with Crippen LogP contribution in [-0.4, -0.2) is 38.9 Å². The monoisotopic (exact) mass is 406 g/mol. The molecule has 0 bridgehead atoms. The average molecular weight is 406 g/mol. The fourth-order valence-corrected chi connectivity index (χ4v) is 3.23. The lowest BCUT2D eigenvalue weighted by molar-refractivity contribution is 0.0577. The number of halogens is 1. The number of nitrogens with zero attached hydrogens (tertiary/aromatic N) is 4. The van der Waals surface area contributed by atoms with Crippen LogP contribution in [0, 0.1) is 5.82 Å². The van der Waals surface area contributed by atoms with Crippen molar-refractivity contribution in [3.8, 4) is 11.3 Å². The average Bonchev–Trinajstić information content (AvgIpc) is 3.02. The Balaban J connectivity index is 1.94. The molecule has 11 heteroatoms. The number of aliphatic hydroxyl groups is 1. The number of benzene rings is 1. The maximum Gasteiger partial charge on any atom is 0.240 e. The molecule has 2 heterocycles. The van der Waals surface area contributed by atoms with Gasteiger partial charge in [-0.25, -0.2) is 27.9 Å². The Morgan fingerprint density at radius 1 is 1.29 bits per heavy atom. The second-order valence-electron chi connectivity index (χ2n) is 6.80. The molecule has 0 saturated carbocycles. The number of para-hydroxylation sites is 1. The van der Waals surface area contributed by atoms with Crippen molar-refractivity contribution < 1.29 is 17.9 Å². The molecule has 0 unspecified atom stereocenters. The van der Waals surface area contributed by atoms with Gasteiger partial charge in [0.25, 0.3) is 0 Å². The van der Waals surface area contributed by atoms with Crippen LogP contribution in [0.25, 0.3) is 11.3 Å². The van der Waals surface area contributed by atoms with Gasteiger partial charge in [-0.3, -0.25) is 4.68 Å². The van der Waals surface area contributed by atoms with Gasteiger partial charge in [0, 0.05) is 11.8 Å². The van der Waals surface area contributed by atoms with Gasteiger partial charge < -0.3 is 10.4 Å². The van der Waals surface area contributed by atoms with E-state index in [9.17, 15) is 17.9 Å². The summed E-state index contributed by atoms with van der Waals surface area (Å²) in [4.78, 5) is 7.83. The maximum atomic E-state index is 14.3. The third-order valence-corrected chi connectivity index (χ3v) is 4.61. The molecule has 0 saturated heterocycles. The largest absolute Gasteiger partial charge is 0.389 e. The van der Waals surface area contributed by atoms with E-state index in [0.29, 0.717) is 5.56 Å². The molecular formula is C17H19FN6O3S. The smallest absolute Gasteiger partial charge is 0.240 e. The molecule has 0 atom stereocenters. The zero-order valence-electron chi connectivity index (χ0n) is 15.2. The fraction of sp³-hybridized carbons (Fsp3) is 0.235. The predicted molar refractivity (Wildman–Crippen MR) is 101 cm³/mol. The Labute approximate surface area is 161 Å². The highest BCUT2D eigenvalue weighted by atomic mass is 32.2. The van der Waals surface area contributed by atoms with Crippen molar-refractivity contribution >= 4 is 21.7 Å². The third-order valence-electron chi connectivity index (χ3n) is 3.64. The van der Waals surface area contributed by atoms with E-state index >= 15 is 0 Å². The Morgan fingerprint density at radius 3 is 2.68 bits per heavy atom. The summed E-state index contributed by atoms with van der Waals surface area (Å²) in [5, 5.41) is 21.9. The Kier molecular flexibility index (Phi) is 5.15. The number of nitrogens with one attached hydrogen (secondary N) is 1. The number of rotatable bonds is 6. The number of nitrogens with two attached hydrogens (primary N) is 1. The SMILES string of the molecule is CC(C)(O)Cn1cc(-c2nc(Nc3ccccc3S(N)(=O)=O)ncc2F)cn1. The van der Waals surface area contributed by atoms with Crippen LogP contribution in [0.3, 0.4) is 0 Å². The van der Waals surface area contributed by atoms with Gasteiger partial charge in [0.2, 0.25) is 16.0 Å². The van der Waals surface area contributed by atoms with Crippen molar-refractivity contribution in [2.45, 2.75) is 30.9 Å². The van der Waals surface area contributed by atoms with Gasteiger partial charge in [0.15, 0.2) is 5.82 Å². The summed E-state index contributed by atoms with van der Waals surface area (Å²) < 4.78 is 39.1. The zero-order chi connectivity index (χ0) is 20.5. The molecule has 0 aliphatic rings. The lowest BCUT2D eigenvalue weighted by atomic mass is 10.1. The van der Waals surface area contributed by atoms with Crippen LogP contribution in [0.4, 0.5) is 16.0 Å². The Hall–Kier alpha value is -2.89. The van der Waals surface area contributed by atoms with Crippen LogP contribution in [0.1, 0.15) is 13.8 Å². The highest BCUT2D eigenvalue weighted by molar-refractivity contribution is 7.89. The second kappa shape index (κ2) is 7.26. The van der Waals surface area contributed by atoms with Crippen LogP contribution in [-0.2, 0) is 16.6 Å². The van der Waals surface area contributed by atoms with Crippen LogP contribution in [0.2, 0.25) is 0 Å². The van der Waals surface area contributed by atoms with Crippen molar-refractivity contribution in [2.75, 3.05) is 5.32 Å². The molecule has 0 aliphatic heterocycles. The van der Waals surface area contributed by atoms with Crippen LogP contribution < -0.4 is 10.5 Å². The van der Waals surface area contributed by atoms with Crippen LogP contribution >= 0.6 is 0 Å². The summed E-state index contributed by atoms with van der Waals surface area (Å²) in [5.74, 6) is -0.684. The second-order valence-corrected chi connectivity index (χ2v) is 8.33. The molecule has 2 aromatic heterocycles. The van der Waals surface area contributed by atoms with Gasteiger partial charge in [-0.1, -0.05) is 12.1 Å². The number of anilines is 2. The van der Waals surface area contributed by atoms with Gasteiger partial charge in [-0.2, -0.15) is 5.10 Å². The molecule has 4 N–H and O–H groups in total. The molecule has 28 heavy (non-hydrogen) atoms. The molecule has 0 radical (unpaired) electrons. The van der Waals surface area contributed by atoms with E-state index in [0.717, 1.165) is 6.20 Å². The zero-order valence-corrected chi connectivity index (χ0v) is 16.0. The molecule has 0 amide bonds. The van der Waals surface area contributed by atoms with Crippen molar-refractivity contribution in [1.82, 2.24) is 19.7 Å². The summed E-state index contributed by atoms with van der Waals surface area (Å²) in [7, 11) is -3.97. The van der Waals surface area contributed by atoms with Gasteiger partial charge in [0.1, 0.15) is 10.6 Å². The first-order valence-corrected chi connectivity index (χ1v) is 9.74. The summed E-state index contributed by atoms with van der Waals surface area (Å²) in [5.41, 5.74) is -0.461. The van der Waals surface area contributed by atoms with E-state index in [1.165, 1.54) is 29.1 Å². The molecule has 3 rings (SSSR count). The molecular weight excluding hydrogens is 387 g/mol. The van der Waals surface area contributed by atoms with Gasteiger partial charge in [-0.15, -0.1) is 0 Å². The first-order chi connectivity index (χ1) is 13.0. The van der Waals surface area contributed by atoms with Gasteiger partial charge in [0.05, 0.1) is 30.2 Å². The minimum absolute atomic E-state index is 0.0114. The minimum Gasteiger partial charge on any atom is -0.389 e. The van der Waals surface area contributed by atoms with Crippen LogP contribution in [0.15, 0.2) is 47.8 Å². The fourth-order valence-electron chi connectivity index (χ4n) is 2.54. The Bertz CT molecular complexity index is 1110. The molecule has 0 spiro atoms. The van der Waals surface area contributed by atoms with E-state index in [-0.39, 0.29) is 28.8 Å². The molecule has 9 nitrogen and oxygen atoms in total. The van der Waals surface area contributed by atoms with Gasteiger partial charge >= 0.3 is 0 Å². The quantitative estimate of drug-likeness (QED) is 0.566. The lowest BCUT2D eigenvalue weighted by Gasteiger charge is -2.16. The summed E-state index contributed by atoms with van der Waals surface area (Å²) >= 11 is 0. The van der Waals surface area contributed by atoms with Crippen LogP contribution in [0.5, 0.6) is 0 Å². The first-order valence-electron chi connectivity index (χ1n) is 8.19. The van der Waals surface area contributed by atoms with E-state index in [4.69, 9.17) is 5.14 Å². The van der Waals surface area contributed by atoms with Crippen molar-refractivity contribution in [3.63, 3.8) is 0 Å². The number of aromatic nitrogens is 4. The van der Waals surface area contributed by atoms with Crippen molar-refractivity contribution in [1.29, 1.82) is 0 Å². The van der Waals surface area contributed by atoms with E-state index in [1.54, 1.807) is 26.1 Å². The van der Waals surface area contributed by atoms with Gasteiger partial charge in [-0.05, 0) is 26.0 Å². The number of hydrogen-bond donors (Lipinski definition) is 3. The molecule has 0 fully saturated rings. The minimum atomic E-state index is -3.97. The lowest BCUT2D eigenvalue weighted by Crippen LogP contribution is -2.26. The highest BCUT2D eigenvalue weighted by Gasteiger charge is 2.18. The summed E-state index contributed by atoms with van der Waals surface area (Å²) in [6, 6.07) is 5.97. The molecule has 3 aromatic rings. The molecule has 0 aliphatic carbocycles. The topological polar surface area (TPSA) is 136 Å². The first kappa shape index (κ1) is 19.9. The third kappa shape index (κ3) is 4.68. The van der Waals surface area contributed by atoms with Crippen molar-refractivity contribution in [3.05, 3.63) is 48.7 Å². The standard InChI is InChI=1S/C17H19FN6O3S/c1-17(2,25)10-24-9-11(7-21-24)15-12(18)8-20-16(23-15)22-13-5-3-4-6-14(13)28(19,26)27/h3-9,25H,10H2,1-2H3,(H2,19,26,27)(H,20,22,23). The number of hydrogen-bond acceptors (Lipinski definition) is 7. The normalized spacial score (nSPS) is 12.2. The Morgan fingerprint density at radius 2 is 2.00 bits per heavy atom. The van der Waals surface area contributed by atoms with E-state index in [2.05, 4.69) is 20.4 Å². The summed E-state index contributed by atoms with van der Waals surface area (Å²) in [6.45, 7) is 3.47. The molecule has 1 aromatic carbocycles. The van der Waals surface area contributed by atoms with E-state index in [1.807, 2.05) is 0 Å². The maximum absolute atomic E-state index is 14.3.